The van der Waals surface area contributed by atoms with Crippen LogP contribution in [0.5, 0.6) is 0 Å². The van der Waals surface area contributed by atoms with Crippen LogP contribution in [0.25, 0.3) is 16.7 Å². The minimum Gasteiger partial charge on any atom is -0.335 e. The van der Waals surface area contributed by atoms with Gasteiger partial charge in [0.25, 0.3) is 11.8 Å². The number of carbonyl (C=O) groups is 2. The van der Waals surface area contributed by atoms with E-state index in [2.05, 4.69) is 14.9 Å². The zero-order chi connectivity index (χ0) is 23.9. The summed E-state index contributed by atoms with van der Waals surface area (Å²) in [4.78, 5) is 39.9. The molecule has 4 aromatic rings. The van der Waals surface area contributed by atoms with Gasteiger partial charge in [-0.15, -0.1) is 11.3 Å². The molecular weight excluding hydrogens is 467 g/mol. The SMILES string of the molecule is O=C(c1ccc2c(ccn2-c2ccc(F)cn2)c1)N1CC(N2CCN(C(=O)c3nccs3)CC2)C1. The van der Waals surface area contributed by atoms with Crippen LogP contribution in [0.1, 0.15) is 20.2 Å². The number of benzene rings is 1. The molecule has 0 N–H and O–H groups in total. The van der Waals surface area contributed by atoms with Crippen molar-refractivity contribution in [1.29, 1.82) is 0 Å². The van der Waals surface area contributed by atoms with Crippen LogP contribution in [-0.4, -0.2) is 86.4 Å². The fourth-order valence-electron chi connectivity index (χ4n) is 4.77. The molecule has 0 aliphatic carbocycles. The molecule has 0 radical (unpaired) electrons. The summed E-state index contributed by atoms with van der Waals surface area (Å²) in [6, 6.07) is 10.9. The molecule has 2 saturated heterocycles. The fourth-order valence-corrected chi connectivity index (χ4v) is 5.38. The maximum Gasteiger partial charge on any atom is 0.282 e. The first-order valence-electron chi connectivity index (χ1n) is 11.5. The van der Waals surface area contributed by atoms with Crippen molar-refractivity contribution in [2.24, 2.45) is 0 Å². The predicted octanol–water partition coefficient (Wildman–Crippen LogP) is 2.90. The first-order valence-corrected chi connectivity index (χ1v) is 12.4. The highest BCUT2D eigenvalue weighted by Crippen LogP contribution is 2.24. The van der Waals surface area contributed by atoms with Gasteiger partial charge in [0.15, 0.2) is 5.01 Å². The molecule has 0 spiro atoms. The van der Waals surface area contributed by atoms with Gasteiger partial charge in [-0.05, 0) is 36.4 Å². The van der Waals surface area contributed by atoms with Crippen molar-refractivity contribution in [2.45, 2.75) is 6.04 Å². The molecule has 2 aliphatic heterocycles. The second-order valence-electron chi connectivity index (χ2n) is 8.82. The van der Waals surface area contributed by atoms with Crippen molar-refractivity contribution >= 4 is 34.1 Å². The lowest BCUT2D eigenvalue weighted by molar-refractivity contribution is 0.00854. The number of carbonyl (C=O) groups excluding carboxylic acids is 2. The second-order valence-corrected chi connectivity index (χ2v) is 9.72. The summed E-state index contributed by atoms with van der Waals surface area (Å²) in [5.41, 5.74) is 1.56. The van der Waals surface area contributed by atoms with Crippen LogP contribution >= 0.6 is 11.3 Å². The van der Waals surface area contributed by atoms with E-state index in [-0.39, 0.29) is 17.6 Å². The van der Waals surface area contributed by atoms with E-state index >= 15 is 0 Å². The maximum atomic E-state index is 13.2. The lowest BCUT2D eigenvalue weighted by atomic mass is 10.0. The minimum atomic E-state index is -0.378. The molecule has 0 bridgehead atoms. The van der Waals surface area contributed by atoms with Gasteiger partial charge in [-0.1, -0.05) is 0 Å². The Balaban J connectivity index is 1.06. The number of fused-ring (bicyclic) bond motifs is 1. The number of hydrogen-bond acceptors (Lipinski definition) is 6. The Labute approximate surface area is 205 Å². The smallest absolute Gasteiger partial charge is 0.282 e. The minimum absolute atomic E-state index is 0.00416. The molecule has 6 rings (SSSR count). The third kappa shape index (κ3) is 4.08. The molecule has 10 heteroatoms. The number of pyridine rings is 1. The highest BCUT2D eigenvalue weighted by Gasteiger charge is 2.37. The highest BCUT2D eigenvalue weighted by atomic mass is 32.1. The molecule has 178 valence electrons. The summed E-state index contributed by atoms with van der Waals surface area (Å²) in [6.45, 7) is 4.36. The number of likely N-dealkylation sites (tertiary alicyclic amines) is 1. The van der Waals surface area contributed by atoms with Crippen molar-refractivity contribution in [1.82, 2.24) is 29.2 Å². The van der Waals surface area contributed by atoms with E-state index in [1.165, 1.54) is 23.6 Å². The Morgan fingerprint density at radius 2 is 1.77 bits per heavy atom. The second kappa shape index (κ2) is 8.86. The van der Waals surface area contributed by atoms with Crippen molar-refractivity contribution < 1.29 is 14.0 Å². The van der Waals surface area contributed by atoms with Crippen molar-refractivity contribution in [2.75, 3.05) is 39.3 Å². The molecular formula is C25H23FN6O2S. The van der Waals surface area contributed by atoms with Crippen molar-refractivity contribution in [3.8, 4) is 5.82 Å². The Hall–Kier alpha value is -3.63. The lowest BCUT2D eigenvalue weighted by Crippen LogP contribution is -2.64. The third-order valence-corrected chi connectivity index (χ3v) is 7.54. The van der Waals surface area contributed by atoms with Crippen LogP contribution in [0, 0.1) is 5.82 Å². The average molecular weight is 491 g/mol. The van der Waals surface area contributed by atoms with E-state index in [0.29, 0.717) is 48.6 Å². The molecule has 2 fully saturated rings. The van der Waals surface area contributed by atoms with Gasteiger partial charge in [0, 0.05) is 74.0 Å². The van der Waals surface area contributed by atoms with E-state index < -0.39 is 0 Å². The zero-order valence-electron chi connectivity index (χ0n) is 18.9. The number of hydrogen-bond donors (Lipinski definition) is 0. The summed E-state index contributed by atoms with van der Waals surface area (Å²) in [5.74, 6) is 0.273. The van der Waals surface area contributed by atoms with Gasteiger partial charge in [-0.3, -0.25) is 14.5 Å². The number of amides is 2. The summed E-state index contributed by atoms with van der Waals surface area (Å²) >= 11 is 1.37. The molecule has 0 unspecified atom stereocenters. The predicted molar refractivity (Wildman–Crippen MR) is 130 cm³/mol. The van der Waals surface area contributed by atoms with E-state index in [4.69, 9.17) is 0 Å². The van der Waals surface area contributed by atoms with Gasteiger partial charge >= 0.3 is 0 Å². The van der Waals surface area contributed by atoms with Gasteiger partial charge < -0.3 is 14.4 Å². The van der Waals surface area contributed by atoms with Gasteiger partial charge in [0.1, 0.15) is 11.6 Å². The van der Waals surface area contributed by atoms with E-state index in [1.54, 1.807) is 12.3 Å². The van der Waals surface area contributed by atoms with E-state index in [1.807, 2.05) is 50.2 Å². The van der Waals surface area contributed by atoms with Crippen LogP contribution in [0.4, 0.5) is 4.39 Å². The van der Waals surface area contributed by atoms with Crippen LogP contribution in [0.3, 0.4) is 0 Å². The number of rotatable bonds is 4. The molecule has 8 nitrogen and oxygen atoms in total. The van der Waals surface area contributed by atoms with Crippen molar-refractivity contribution in [3.05, 3.63) is 76.8 Å². The fraction of sp³-hybridized carbons (Fsp3) is 0.280. The van der Waals surface area contributed by atoms with E-state index in [0.717, 1.165) is 24.0 Å². The standard InChI is InChI=1S/C25H23FN6O2S/c26-19-2-4-22(28-14-19)32-7-5-17-13-18(1-3-21(17)32)24(33)31-15-20(16-31)29-8-10-30(11-9-29)25(34)23-27-6-12-35-23/h1-7,12-14,20H,8-11,15-16H2. The third-order valence-electron chi connectivity index (χ3n) is 6.78. The van der Waals surface area contributed by atoms with Gasteiger partial charge in [0.2, 0.25) is 0 Å². The van der Waals surface area contributed by atoms with Crippen LogP contribution in [0.15, 0.2) is 60.4 Å². The molecule has 5 heterocycles. The Bertz CT molecular complexity index is 1370. The number of thiazole rings is 1. The monoisotopic (exact) mass is 490 g/mol. The van der Waals surface area contributed by atoms with Crippen LogP contribution in [-0.2, 0) is 0 Å². The topological polar surface area (TPSA) is 74.6 Å². The Morgan fingerprint density at radius 1 is 0.943 bits per heavy atom. The van der Waals surface area contributed by atoms with Crippen LogP contribution in [0.2, 0.25) is 0 Å². The first kappa shape index (κ1) is 21.9. The molecule has 0 saturated carbocycles. The molecule has 2 amide bonds. The quantitative estimate of drug-likeness (QED) is 0.440. The summed E-state index contributed by atoms with van der Waals surface area (Å²) < 4.78 is 15.1. The molecule has 1 aromatic carbocycles. The first-order chi connectivity index (χ1) is 17.1. The van der Waals surface area contributed by atoms with Crippen molar-refractivity contribution in [3.63, 3.8) is 0 Å². The number of nitrogens with zero attached hydrogens (tertiary/aromatic N) is 6. The highest BCUT2D eigenvalue weighted by molar-refractivity contribution is 7.11. The number of piperazine rings is 1. The van der Waals surface area contributed by atoms with Gasteiger partial charge in [-0.2, -0.15) is 0 Å². The largest absolute Gasteiger partial charge is 0.335 e. The summed E-state index contributed by atoms with van der Waals surface area (Å²) in [7, 11) is 0. The Kier molecular flexibility index (Phi) is 5.54. The van der Waals surface area contributed by atoms with Gasteiger partial charge in [0.05, 0.1) is 11.7 Å². The molecule has 2 aliphatic rings. The lowest BCUT2D eigenvalue weighted by Gasteiger charge is -2.48. The Morgan fingerprint density at radius 3 is 2.49 bits per heavy atom. The van der Waals surface area contributed by atoms with E-state index in [9.17, 15) is 14.0 Å². The summed E-state index contributed by atoms with van der Waals surface area (Å²) in [5, 5.41) is 3.29. The zero-order valence-corrected chi connectivity index (χ0v) is 19.7. The molecule has 0 atom stereocenters. The number of halogens is 1. The number of aromatic nitrogens is 3. The maximum absolute atomic E-state index is 13.2. The normalized spacial score (nSPS) is 17.1. The van der Waals surface area contributed by atoms with Crippen LogP contribution < -0.4 is 0 Å². The molecule has 35 heavy (non-hydrogen) atoms. The average Bonchev–Trinajstić information content (AvgIpc) is 3.54. The summed E-state index contributed by atoms with van der Waals surface area (Å²) in [6.07, 6.45) is 4.72. The van der Waals surface area contributed by atoms with Gasteiger partial charge in [-0.25, -0.2) is 14.4 Å². The molecule has 3 aromatic heterocycles.